The van der Waals surface area contributed by atoms with E-state index in [2.05, 4.69) is 40.0 Å². The van der Waals surface area contributed by atoms with Crippen molar-refractivity contribution in [2.45, 2.75) is 32.7 Å². The van der Waals surface area contributed by atoms with Crippen LogP contribution in [0.2, 0.25) is 0 Å². The minimum atomic E-state index is -0.0918. The monoisotopic (exact) mass is 378 g/mol. The highest BCUT2D eigenvalue weighted by atomic mass is 79.9. The molecule has 1 aliphatic rings. The number of hydrogen-bond donors (Lipinski definition) is 1. The summed E-state index contributed by atoms with van der Waals surface area (Å²) in [4.78, 5) is 2.43. The molecular formula is C16H25BrClFN2. The summed E-state index contributed by atoms with van der Waals surface area (Å²) in [7, 11) is 0. The quantitative estimate of drug-likeness (QED) is 0.816. The SMILES string of the molecule is CCCC(C)[C@@H](c1ccc(Br)cc1F)N1CCNCC1.Cl. The molecule has 1 heterocycles. The van der Waals surface area contributed by atoms with E-state index in [0.29, 0.717) is 5.92 Å². The zero-order chi connectivity index (χ0) is 14.5. The van der Waals surface area contributed by atoms with Gasteiger partial charge in [0, 0.05) is 42.3 Å². The van der Waals surface area contributed by atoms with Crippen LogP contribution in [0, 0.1) is 11.7 Å². The molecule has 2 nitrogen and oxygen atoms in total. The molecule has 0 radical (unpaired) electrons. The molecule has 1 saturated heterocycles. The second-order valence-corrected chi connectivity index (χ2v) is 6.58. The van der Waals surface area contributed by atoms with Crippen molar-refractivity contribution in [2.75, 3.05) is 26.2 Å². The molecule has 0 saturated carbocycles. The minimum Gasteiger partial charge on any atom is -0.314 e. The van der Waals surface area contributed by atoms with Crippen LogP contribution in [-0.2, 0) is 0 Å². The predicted octanol–water partition coefficient (Wildman–Crippen LogP) is 4.39. The molecule has 120 valence electrons. The highest BCUT2D eigenvalue weighted by Gasteiger charge is 2.28. The van der Waals surface area contributed by atoms with Gasteiger partial charge in [-0.2, -0.15) is 0 Å². The van der Waals surface area contributed by atoms with Crippen molar-refractivity contribution in [3.05, 3.63) is 34.1 Å². The van der Waals surface area contributed by atoms with E-state index in [4.69, 9.17) is 0 Å². The molecule has 0 spiro atoms. The molecule has 1 aromatic rings. The van der Waals surface area contributed by atoms with Crippen LogP contribution in [0.1, 0.15) is 38.3 Å². The molecule has 1 unspecified atom stereocenters. The summed E-state index contributed by atoms with van der Waals surface area (Å²) in [5, 5.41) is 3.37. The molecule has 1 aliphatic heterocycles. The normalized spacial score (nSPS) is 18.9. The van der Waals surface area contributed by atoms with Gasteiger partial charge in [-0.25, -0.2) is 4.39 Å². The Kier molecular flexibility index (Phi) is 8.17. The van der Waals surface area contributed by atoms with Crippen molar-refractivity contribution in [2.24, 2.45) is 5.92 Å². The fourth-order valence-electron chi connectivity index (χ4n) is 3.18. The van der Waals surface area contributed by atoms with E-state index in [1.165, 1.54) is 0 Å². The van der Waals surface area contributed by atoms with Gasteiger partial charge in [0.15, 0.2) is 0 Å². The highest BCUT2D eigenvalue weighted by Crippen LogP contribution is 2.34. The van der Waals surface area contributed by atoms with Crippen LogP contribution >= 0.6 is 28.3 Å². The maximum Gasteiger partial charge on any atom is 0.129 e. The number of piperazine rings is 1. The van der Waals surface area contributed by atoms with Crippen molar-refractivity contribution < 1.29 is 4.39 Å². The van der Waals surface area contributed by atoms with E-state index in [9.17, 15) is 4.39 Å². The molecule has 0 amide bonds. The second kappa shape index (κ2) is 9.09. The molecule has 1 aromatic carbocycles. The van der Waals surface area contributed by atoms with Crippen LogP contribution < -0.4 is 5.32 Å². The Morgan fingerprint density at radius 1 is 1.33 bits per heavy atom. The Morgan fingerprint density at radius 2 is 2.00 bits per heavy atom. The van der Waals surface area contributed by atoms with Crippen molar-refractivity contribution in [1.29, 1.82) is 0 Å². The molecule has 5 heteroatoms. The molecule has 1 N–H and O–H groups in total. The largest absolute Gasteiger partial charge is 0.314 e. The van der Waals surface area contributed by atoms with E-state index < -0.39 is 0 Å². The third kappa shape index (κ3) is 4.92. The number of benzene rings is 1. The minimum absolute atomic E-state index is 0. The van der Waals surface area contributed by atoms with Crippen LogP contribution in [0.3, 0.4) is 0 Å². The van der Waals surface area contributed by atoms with Crippen molar-refractivity contribution >= 4 is 28.3 Å². The summed E-state index contributed by atoms with van der Waals surface area (Å²) in [6.45, 7) is 8.42. The molecule has 0 bridgehead atoms. The van der Waals surface area contributed by atoms with Gasteiger partial charge in [-0.05, 0) is 24.5 Å². The van der Waals surface area contributed by atoms with Crippen LogP contribution in [-0.4, -0.2) is 31.1 Å². The van der Waals surface area contributed by atoms with E-state index >= 15 is 0 Å². The Balaban J connectivity index is 0.00000220. The number of halogens is 3. The first kappa shape index (κ1) is 18.9. The lowest BCUT2D eigenvalue weighted by Gasteiger charge is -2.38. The predicted molar refractivity (Wildman–Crippen MR) is 92.6 cm³/mol. The lowest BCUT2D eigenvalue weighted by Crippen LogP contribution is -2.46. The first-order valence-electron chi connectivity index (χ1n) is 7.53. The molecular weight excluding hydrogens is 355 g/mol. The number of nitrogens with zero attached hydrogens (tertiary/aromatic N) is 1. The van der Waals surface area contributed by atoms with Crippen LogP contribution in [0.25, 0.3) is 0 Å². The number of hydrogen-bond acceptors (Lipinski definition) is 2. The van der Waals surface area contributed by atoms with Gasteiger partial charge < -0.3 is 5.32 Å². The van der Waals surface area contributed by atoms with Gasteiger partial charge in [0.25, 0.3) is 0 Å². The summed E-state index contributed by atoms with van der Waals surface area (Å²) in [6, 6.07) is 5.67. The van der Waals surface area contributed by atoms with E-state index in [1.54, 1.807) is 6.07 Å². The number of rotatable bonds is 5. The number of nitrogens with one attached hydrogen (secondary N) is 1. The topological polar surface area (TPSA) is 15.3 Å². The maximum atomic E-state index is 14.4. The molecule has 2 atom stereocenters. The average molecular weight is 380 g/mol. The van der Waals surface area contributed by atoms with Gasteiger partial charge in [0.1, 0.15) is 5.82 Å². The Labute approximate surface area is 142 Å². The van der Waals surface area contributed by atoms with Crippen molar-refractivity contribution in [3.8, 4) is 0 Å². The Morgan fingerprint density at radius 3 is 2.57 bits per heavy atom. The molecule has 21 heavy (non-hydrogen) atoms. The van der Waals surface area contributed by atoms with Gasteiger partial charge >= 0.3 is 0 Å². The van der Waals surface area contributed by atoms with Crippen LogP contribution in [0.5, 0.6) is 0 Å². The smallest absolute Gasteiger partial charge is 0.129 e. The molecule has 0 aromatic heterocycles. The third-order valence-corrected chi connectivity index (χ3v) is 4.60. The fraction of sp³-hybridized carbons (Fsp3) is 0.625. The zero-order valence-electron chi connectivity index (χ0n) is 12.7. The summed E-state index contributed by atoms with van der Waals surface area (Å²) in [5.74, 6) is 0.375. The van der Waals surface area contributed by atoms with E-state index in [0.717, 1.165) is 49.1 Å². The lowest BCUT2D eigenvalue weighted by atomic mass is 9.89. The van der Waals surface area contributed by atoms with Crippen LogP contribution in [0.4, 0.5) is 4.39 Å². The van der Waals surface area contributed by atoms with Gasteiger partial charge in [0.2, 0.25) is 0 Å². The Hall–Kier alpha value is -0.160. The van der Waals surface area contributed by atoms with Crippen LogP contribution in [0.15, 0.2) is 22.7 Å². The zero-order valence-corrected chi connectivity index (χ0v) is 15.1. The summed E-state index contributed by atoms with van der Waals surface area (Å²) in [5.41, 5.74) is 0.844. The molecule has 0 aliphatic carbocycles. The molecule has 2 rings (SSSR count). The van der Waals surface area contributed by atoms with Gasteiger partial charge in [-0.15, -0.1) is 12.4 Å². The van der Waals surface area contributed by atoms with Gasteiger partial charge in [-0.3, -0.25) is 4.90 Å². The van der Waals surface area contributed by atoms with Gasteiger partial charge in [-0.1, -0.05) is 42.3 Å². The van der Waals surface area contributed by atoms with Crippen molar-refractivity contribution in [1.82, 2.24) is 10.2 Å². The summed E-state index contributed by atoms with van der Waals surface area (Å²) >= 11 is 3.35. The summed E-state index contributed by atoms with van der Waals surface area (Å²) in [6.07, 6.45) is 2.27. The first-order valence-corrected chi connectivity index (χ1v) is 8.32. The third-order valence-electron chi connectivity index (χ3n) is 4.11. The van der Waals surface area contributed by atoms with Crippen molar-refractivity contribution in [3.63, 3.8) is 0 Å². The maximum absolute atomic E-state index is 14.4. The first-order chi connectivity index (χ1) is 9.63. The fourth-order valence-corrected chi connectivity index (χ4v) is 3.51. The summed E-state index contributed by atoms with van der Waals surface area (Å²) < 4.78 is 15.2. The van der Waals surface area contributed by atoms with Gasteiger partial charge in [0.05, 0.1) is 0 Å². The van der Waals surface area contributed by atoms with E-state index in [-0.39, 0.29) is 24.3 Å². The van der Waals surface area contributed by atoms with E-state index in [1.807, 2.05) is 12.1 Å². The molecule has 1 fully saturated rings. The highest BCUT2D eigenvalue weighted by molar-refractivity contribution is 9.10. The second-order valence-electron chi connectivity index (χ2n) is 5.66. The average Bonchev–Trinajstić information content (AvgIpc) is 2.43. The Bertz CT molecular complexity index is 438. The standard InChI is InChI=1S/C16H24BrFN2.ClH/c1-3-4-12(2)16(20-9-7-19-8-10-20)14-6-5-13(17)11-15(14)18;/h5-6,11-12,16,19H,3-4,7-10H2,1-2H3;1H/t12?,16-;/m0./s1. The lowest BCUT2D eigenvalue weighted by molar-refractivity contribution is 0.123.